The molecule has 0 saturated heterocycles. The quantitative estimate of drug-likeness (QED) is 0.575. The van der Waals surface area contributed by atoms with E-state index in [0.717, 1.165) is 18.4 Å². The Morgan fingerprint density at radius 1 is 1.04 bits per heavy atom. The standard InChI is InChI=1S/C22H28N2O2/c1-22(2,3)19-10-8-18(9-11-19)20(25)12-13-21(26)24-15-5-7-17-6-4-14-23-16-17/h4,6,8-11,14,16H,5,7,12-13,15H2,1-3H3,(H,24,26). The zero-order chi connectivity index (χ0) is 19.0. The molecule has 4 nitrogen and oxygen atoms in total. The number of Topliss-reactive ketones (excluding diaryl/α,β-unsaturated/α-hetero) is 1. The Labute approximate surface area is 156 Å². The van der Waals surface area contributed by atoms with E-state index in [-0.39, 0.29) is 29.9 Å². The van der Waals surface area contributed by atoms with Crippen LogP contribution in [0.2, 0.25) is 0 Å². The molecule has 0 fully saturated rings. The highest BCUT2D eigenvalue weighted by Crippen LogP contribution is 2.22. The topological polar surface area (TPSA) is 59.1 Å². The van der Waals surface area contributed by atoms with Crippen molar-refractivity contribution >= 4 is 11.7 Å². The molecule has 26 heavy (non-hydrogen) atoms. The second kappa shape index (κ2) is 9.27. The summed E-state index contributed by atoms with van der Waals surface area (Å²) in [7, 11) is 0. The van der Waals surface area contributed by atoms with Gasteiger partial charge >= 0.3 is 0 Å². The first-order valence-corrected chi connectivity index (χ1v) is 9.15. The normalized spacial score (nSPS) is 11.2. The predicted octanol–water partition coefficient (Wildman–Crippen LogP) is 4.09. The van der Waals surface area contributed by atoms with Gasteiger partial charge in [0.05, 0.1) is 0 Å². The number of hydrogen-bond donors (Lipinski definition) is 1. The zero-order valence-electron chi connectivity index (χ0n) is 15.9. The number of ketones is 1. The largest absolute Gasteiger partial charge is 0.356 e. The fourth-order valence-corrected chi connectivity index (χ4v) is 2.68. The van der Waals surface area contributed by atoms with Gasteiger partial charge in [0.25, 0.3) is 0 Å². The molecule has 0 spiro atoms. The van der Waals surface area contributed by atoms with Crippen LogP contribution in [0.25, 0.3) is 0 Å². The molecule has 0 atom stereocenters. The number of amides is 1. The van der Waals surface area contributed by atoms with Crippen molar-refractivity contribution in [2.45, 2.75) is 51.9 Å². The molecule has 0 radical (unpaired) electrons. The molecule has 1 aromatic heterocycles. The smallest absolute Gasteiger partial charge is 0.220 e. The first-order chi connectivity index (χ1) is 12.4. The number of hydrogen-bond acceptors (Lipinski definition) is 3. The van der Waals surface area contributed by atoms with Gasteiger partial charge in [-0.25, -0.2) is 0 Å². The van der Waals surface area contributed by atoms with Crippen molar-refractivity contribution in [2.75, 3.05) is 6.54 Å². The van der Waals surface area contributed by atoms with E-state index >= 15 is 0 Å². The van der Waals surface area contributed by atoms with Crippen LogP contribution in [0.15, 0.2) is 48.8 Å². The van der Waals surface area contributed by atoms with E-state index in [4.69, 9.17) is 0 Å². The van der Waals surface area contributed by atoms with Crippen molar-refractivity contribution in [1.29, 1.82) is 0 Å². The zero-order valence-corrected chi connectivity index (χ0v) is 15.9. The fraction of sp³-hybridized carbons (Fsp3) is 0.409. The third kappa shape index (κ3) is 6.43. The van der Waals surface area contributed by atoms with Crippen LogP contribution < -0.4 is 5.32 Å². The number of benzene rings is 1. The molecular formula is C22H28N2O2. The summed E-state index contributed by atoms with van der Waals surface area (Å²) in [5.74, 6) is -0.0631. The first kappa shape index (κ1) is 19.8. The molecule has 0 saturated carbocycles. The van der Waals surface area contributed by atoms with Gasteiger partial charge in [-0.05, 0) is 35.4 Å². The first-order valence-electron chi connectivity index (χ1n) is 9.15. The molecule has 1 N–H and O–H groups in total. The molecule has 0 aliphatic carbocycles. The molecule has 0 aliphatic heterocycles. The maximum atomic E-state index is 12.2. The highest BCUT2D eigenvalue weighted by molar-refractivity contribution is 5.97. The van der Waals surface area contributed by atoms with Crippen LogP contribution in [0.4, 0.5) is 0 Å². The summed E-state index contributed by atoms with van der Waals surface area (Å²) in [6.07, 6.45) is 5.80. The molecule has 1 heterocycles. The number of nitrogens with one attached hydrogen (secondary N) is 1. The van der Waals surface area contributed by atoms with Crippen LogP contribution in [0.5, 0.6) is 0 Å². The maximum Gasteiger partial charge on any atom is 0.220 e. The number of rotatable bonds is 8. The van der Waals surface area contributed by atoms with Crippen LogP contribution in [0, 0.1) is 0 Å². The molecule has 0 unspecified atom stereocenters. The number of aromatic nitrogens is 1. The molecule has 1 amide bonds. The van der Waals surface area contributed by atoms with Gasteiger partial charge in [0.2, 0.25) is 5.91 Å². The number of carbonyl (C=O) groups is 2. The average molecular weight is 352 g/mol. The maximum absolute atomic E-state index is 12.2. The second-order valence-electron chi connectivity index (χ2n) is 7.57. The molecule has 2 aromatic rings. The van der Waals surface area contributed by atoms with Crippen molar-refractivity contribution < 1.29 is 9.59 Å². The number of pyridine rings is 1. The van der Waals surface area contributed by atoms with E-state index < -0.39 is 0 Å². The van der Waals surface area contributed by atoms with Gasteiger partial charge in [-0.15, -0.1) is 0 Å². The minimum Gasteiger partial charge on any atom is -0.356 e. The Balaban J connectivity index is 1.69. The van der Waals surface area contributed by atoms with E-state index in [1.807, 2.05) is 42.6 Å². The molecule has 1 aromatic carbocycles. The van der Waals surface area contributed by atoms with Crippen LogP contribution in [0.1, 0.15) is 61.5 Å². The van der Waals surface area contributed by atoms with Crippen molar-refractivity contribution in [1.82, 2.24) is 10.3 Å². The summed E-state index contributed by atoms with van der Waals surface area (Å²) >= 11 is 0. The van der Waals surface area contributed by atoms with Crippen LogP contribution in [0.3, 0.4) is 0 Å². The third-order valence-electron chi connectivity index (χ3n) is 4.34. The predicted molar refractivity (Wildman–Crippen MR) is 104 cm³/mol. The van der Waals surface area contributed by atoms with Gasteiger partial charge in [-0.3, -0.25) is 14.6 Å². The van der Waals surface area contributed by atoms with E-state index in [2.05, 4.69) is 31.1 Å². The van der Waals surface area contributed by atoms with E-state index in [1.165, 1.54) is 5.56 Å². The van der Waals surface area contributed by atoms with E-state index in [1.54, 1.807) is 6.20 Å². The Morgan fingerprint density at radius 3 is 2.38 bits per heavy atom. The Kier molecular flexibility index (Phi) is 7.07. The summed E-state index contributed by atoms with van der Waals surface area (Å²) in [4.78, 5) is 28.2. The van der Waals surface area contributed by atoms with Gasteiger partial charge in [0, 0.05) is 37.3 Å². The minimum absolute atomic E-state index is 0.0102. The Hall–Kier alpha value is -2.49. The molecule has 4 heteroatoms. The van der Waals surface area contributed by atoms with Crippen LogP contribution in [-0.2, 0) is 16.6 Å². The summed E-state index contributed by atoms with van der Waals surface area (Å²) < 4.78 is 0. The molecule has 0 aliphatic rings. The Bertz CT molecular complexity index is 716. The number of carbonyl (C=O) groups excluding carboxylic acids is 2. The average Bonchev–Trinajstić information content (AvgIpc) is 2.63. The fourth-order valence-electron chi connectivity index (χ4n) is 2.68. The highest BCUT2D eigenvalue weighted by Gasteiger charge is 2.14. The van der Waals surface area contributed by atoms with Crippen LogP contribution >= 0.6 is 0 Å². The van der Waals surface area contributed by atoms with Crippen molar-refractivity contribution in [3.8, 4) is 0 Å². The minimum atomic E-state index is -0.0733. The lowest BCUT2D eigenvalue weighted by molar-refractivity contribution is -0.121. The summed E-state index contributed by atoms with van der Waals surface area (Å²) in [6, 6.07) is 11.6. The molecule has 0 bridgehead atoms. The molecule has 138 valence electrons. The lowest BCUT2D eigenvalue weighted by Crippen LogP contribution is -2.25. The van der Waals surface area contributed by atoms with Crippen molar-refractivity contribution in [3.05, 3.63) is 65.5 Å². The number of nitrogens with zero attached hydrogens (tertiary/aromatic N) is 1. The van der Waals surface area contributed by atoms with Gasteiger partial charge in [0.15, 0.2) is 5.78 Å². The van der Waals surface area contributed by atoms with Crippen molar-refractivity contribution in [2.24, 2.45) is 0 Å². The van der Waals surface area contributed by atoms with Crippen LogP contribution in [-0.4, -0.2) is 23.2 Å². The Morgan fingerprint density at radius 2 is 1.77 bits per heavy atom. The summed E-state index contributed by atoms with van der Waals surface area (Å²) in [5, 5.41) is 2.88. The molecule has 2 rings (SSSR count). The molecular weight excluding hydrogens is 324 g/mol. The highest BCUT2D eigenvalue weighted by atomic mass is 16.2. The van der Waals surface area contributed by atoms with E-state index in [0.29, 0.717) is 12.1 Å². The summed E-state index contributed by atoms with van der Waals surface area (Å²) in [5.41, 5.74) is 3.09. The van der Waals surface area contributed by atoms with Gasteiger partial charge < -0.3 is 5.32 Å². The third-order valence-corrected chi connectivity index (χ3v) is 4.34. The lowest BCUT2D eigenvalue weighted by atomic mass is 9.86. The number of aryl methyl sites for hydroxylation is 1. The monoisotopic (exact) mass is 352 g/mol. The van der Waals surface area contributed by atoms with Gasteiger partial charge in [-0.1, -0.05) is 51.1 Å². The second-order valence-corrected chi connectivity index (χ2v) is 7.57. The van der Waals surface area contributed by atoms with Gasteiger partial charge in [-0.2, -0.15) is 0 Å². The van der Waals surface area contributed by atoms with E-state index in [9.17, 15) is 9.59 Å². The van der Waals surface area contributed by atoms with Crippen molar-refractivity contribution in [3.63, 3.8) is 0 Å². The lowest BCUT2D eigenvalue weighted by Gasteiger charge is -2.18. The van der Waals surface area contributed by atoms with Gasteiger partial charge in [0.1, 0.15) is 0 Å². The SMILES string of the molecule is CC(C)(C)c1ccc(C(=O)CCC(=O)NCCCc2cccnc2)cc1. The summed E-state index contributed by atoms with van der Waals surface area (Å²) in [6.45, 7) is 7.04.